The van der Waals surface area contributed by atoms with E-state index in [0.29, 0.717) is 55.5 Å². The number of amides is 2. The fourth-order valence-corrected chi connectivity index (χ4v) is 5.87. The summed E-state index contributed by atoms with van der Waals surface area (Å²) in [7, 11) is -1.88. The van der Waals surface area contributed by atoms with Crippen LogP contribution in [0.4, 0.5) is 0 Å². The second-order valence-electron chi connectivity index (χ2n) is 8.71. The number of ether oxygens (including phenoxy) is 1. The number of rotatable bonds is 7. The third kappa shape index (κ3) is 5.42. The fourth-order valence-electron chi connectivity index (χ4n) is 4.56. The fraction of sp³-hybridized carbons (Fsp3) is 0.440. The SMILES string of the molecule is COc1cccc(C(=O)N2CCN(CCS(=O)(=O)c3ccccc3)CC2C(=O)N2CCCC2)c1. The maximum atomic E-state index is 13.4. The summed E-state index contributed by atoms with van der Waals surface area (Å²) >= 11 is 0. The Kier molecular flexibility index (Phi) is 7.53. The van der Waals surface area contributed by atoms with Gasteiger partial charge in [-0.15, -0.1) is 0 Å². The van der Waals surface area contributed by atoms with E-state index in [1.54, 1.807) is 66.6 Å². The van der Waals surface area contributed by atoms with Crippen molar-refractivity contribution in [2.24, 2.45) is 0 Å². The Morgan fingerprint density at radius 2 is 1.71 bits per heavy atom. The number of carbonyl (C=O) groups is 2. The lowest BCUT2D eigenvalue weighted by atomic mass is 10.1. The summed E-state index contributed by atoms with van der Waals surface area (Å²) in [5, 5.41) is 0. The molecule has 9 heteroatoms. The van der Waals surface area contributed by atoms with Crippen LogP contribution in [-0.2, 0) is 14.6 Å². The molecule has 2 aliphatic heterocycles. The quantitative estimate of drug-likeness (QED) is 0.596. The standard InChI is InChI=1S/C25H31N3O5S/c1-33-21-9-7-8-20(18-21)24(29)28-15-14-26(19-23(28)25(30)27-12-5-6-13-27)16-17-34(31,32)22-10-3-2-4-11-22/h2-4,7-11,18,23H,5-6,12-17,19H2,1H3. The molecule has 34 heavy (non-hydrogen) atoms. The second kappa shape index (κ2) is 10.6. The molecule has 0 N–H and O–H groups in total. The Labute approximate surface area is 201 Å². The Bertz CT molecular complexity index is 1120. The largest absolute Gasteiger partial charge is 0.497 e. The molecule has 2 saturated heterocycles. The van der Waals surface area contributed by atoms with Crippen molar-refractivity contribution in [2.75, 3.05) is 52.1 Å². The van der Waals surface area contributed by atoms with Gasteiger partial charge in [0.1, 0.15) is 11.8 Å². The molecule has 182 valence electrons. The molecular formula is C25H31N3O5S. The molecule has 0 spiro atoms. The van der Waals surface area contributed by atoms with Gasteiger partial charge >= 0.3 is 0 Å². The molecule has 0 aromatic heterocycles. The maximum Gasteiger partial charge on any atom is 0.254 e. The van der Waals surface area contributed by atoms with Crippen LogP contribution >= 0.6 is 0 Å². The summed E-state index contributed by atoms with van der Waals surface area (Å²) in [5.74, 6) is 0.265. The summed E-state index contributed by atoms with van der Waals surface area (Å²) in [6, 6.07) is 14.7. The zero-order valence-corrected chi connectivity index (χ0v) is 20.2. The number of piperazine rings is 1. The van der Waals surface area contributed by atoms with E-state index >= 15 is 0 Å². The monoisotopic (exact) mass is 485 g/mol. The molecule has 0 saturated carbocycles. The highest BCUT2D eigenvalue weighted by Gasteiger charge is 2.38. The minimum Gasteiger partial charge on any atom is -0.497 e. The van der Waals surface area contributed by atoms with Gasteiger partial charge in [-0.05, 0) is 43.2 Å². The van der Waals surface area contributed by atoms with Crippen molar-refractivity contribution >= 4 is 21.7 Å². The molecule has 2 fully saturated rings. The van der Waals surface area contributed by atoms with E-state index in [4.69, 9.17) is 4.74 Å². The van der Waals surface area contributed by atoms with Gasteiger partial charge < -0.3 is 14.5 Å². The topological polar surface area (TPSA) is 87.2 Å². The molecule has 0 aliphatic carbocycles. The lowest BCUT2D eigenvalue weighted by molar-refractivity contribution is -0.137. The van der Waals surface area contributed by atoms with Crippen molar-refractivity contribution < 1.29 is 22.7 Å². The minimum absolute atomic E-state index is 0.0362. The predicted octanol–water partition coefficient (Wildman–Crippen LogP) is 1.92. The van der Waals surface area contributed by atoms with Gasteiger partial charge in [-0.3, -0.25) is 14.5 Å². The molecule has 1 unspecified atom stereocenters. The van der Waals surface area contributed by atoms with Crippen LogP contribution in [0.3, 0.4) is 0 Å². The van der Waals surface area contributed by atoms with E-state index in [0.717, 1.165) is 12.8 Å². The van der Waals surface area contributed by atoms with Crippen LogP contribution in [0, 0.1) is 0 Å². The number of hydrogen-bond acceptors (Lipinski definition) is 6. The van der Waals surface area contributed by atoms with Gasteiger partial charge in [-0.1, -0.05) is 24.3 Å². The summed E-state index contributed by atoms with van der Waals surface area (Å²) in [6.45, 7) is 2.87. The van der Waals surface area contributed by atoms with E-state index in [1.165, 1.54) is 0 Å². The van der Waals surface area contributed by atoms with Crippen LogP contribution in [0.1, 0.15) is 23.2 Å². The number of nitrogens with zero attached hydrogens (tertiary/aromatic N) is 3. The second-order valence-corrected chi connectivity index (χ2v) is 10.8. The Balaban J connectivity index is 1.50. The lowest BCUT2D eigenvalue weighted by Gasteiger charge is -2.41. The molecule has 4 rings (SSSR count). The summed E-state index contributed by atoms with van der Waals surface area (Å²) in [6.07, 6.45) is 1.92. The molecule has 2 aromatic rings. The molecule has 2 heterocycles. The van der Waals surface area contributed by atoms with E-state index < -0.39 is 15.9 Å². The van der Waals surface area contributed by atoms with Crippen molar-refractivity contribution in [3.63, 3.8) is 0 Å². The molecular weight excluding hydrogens is 454 g/mol. The lowest BCUT2D eigenvalue weighted by Crippen LogP contribution is -2.61. The maximum absolute atomic E-state index is 13.4. The average Bonchev–Trinajstić information content (AvgIpc) is 3.42. The first kappa shape index (κ1) is 24.2. The normalized spacial score (nSPS) is 19.3. The first-order valence-electron chi connectivity index (χ1n) is 11.6. The minimum atomic E-state index is -3.43. The van der Waals surface area contributed by atoms with Crippen molar-refractivity contribution in [2.45, 2.75) is 23.8 Å². The number of likely N-dealkylation sites (tertiary alicyclic amines) is 1. The van der Waals surface area contributed by atoms with E-state index in [2.05, 4.69) is 0 Å². The van der Waals surface area contributed by atoms with Crippen LogP contribution in [-0.4, -0.2) is 93.1 Å². The van der Waals surface area contributed by atoms with Gasteiger partial charge in [0.15, 0.2) is 9.84 Å². The molecule has 2 aliphatic rings. The van der Waals surface area contributed by atoms with Crippen LogP contribution in [0.15, 0.2) is 59.5 Å². The zero-order valence-electron chi connectivity index (χ0n) is 19.4. The summed E-state index contributed by atoms with van der Waals surface area (Å²) in [5.41, 5.74) is 0.471. The van der Waals surface area contributed by atoms with E-state index in [9.17, 15) is 18.0 Å². The van der Waals surface area contributed by atoms with Crippen molar-refractivity contribution in [1.82, 2.24) is 14.7 Å². The van der Waals surface area contributed by atoms with Gasteiger partial charge in [0.25, 0.3) is 5.91 Å². The number of benzene rings is 2. The Morgan fingerprint density at radius 3 is 2.41 bits per heavy atom. The van der Waals surface area contributed by atoms with Gasteiger partial charge in [0.05, 0.1) is 17.8 Å². The molecule has 0 radical (unpaired) electrons. The molecule has 2 amide bonds. The van der Waals surface area contributed by atoms with Crippen LogP contribution in [0.25, 0.3) is 0 Å². The van der Waals surface area contributed by atoms with Crippen molar-refractivity contribution in [1.29, 1.82) is 0 Å². The van der Waals surface area contributed by atoms with Crippen LogP contribution in [0.5, 0.6) is 5.75 Å². The molecule has 2 aromatic carbocycles. The first-order valence-corrected chi connectivity index (χ1v) is 13.3. The van der Waals surface area contributed by atoms with E-state index in [1.807, 2.05) is 9.80 Å². The van der Waals surface area contributed by atoms with Crippen LogP contribution < -0.4 is 4.74 Å². The van der Waals surface area contributed by atoms with Crippen molar-refractivity contribution in [3.8, 4) is 5.75 Å². The number of carbonyl (C=O) groups excluding carboxylic acids is 2. The Hall–Kier alpha value is -2.91. The van der Waals surface area contributed by atoms with Gasteiger partial charge in [0.2, 0.25) is 5.91 Å². The molecule has 0 bridgehead atoms. The molecule has 1 atom stereocenters. The third-order valence-electron chi connectivity index (χ3n) is 6.52. The van der Waals surface area contributed by atoms with E-state index in [-0.39, 0.29) is 17.6 Å². The highest BCUT2D eigenvalue weighted by Crippen LogP contribution is 2.21. The smallest absolute Gasteiger partial charge is 0.254 e. The third-order valence-corrected chi connectivity index (χ3v) is 8.23. The van der Waals surface area contributed by atoms with Crippen molar-refractivity contribution in [3.05, 3.63) is 60.2 Å². The van der Waals surface area contributed by atoms with Gasteiger partial charge in [-0.25, -0.2) is 8.42 Å². The first-order chi connectivity index (χ1) is 16.4. The van der Waals surface area contributed by atoms with Gasteiger partial charge in [0, 0.05) is 44.8 Å². The number of methoxy groups -OCH3 is 1. The average molecular weight is 486 g/mol. The predicted molar refractivity (Wildman–Crippen MR) is 129 cm³/mol. The summed E-state index contributed by atoms with van der Waals surface area (Å²) in [4.78, 5) is 32.5. The molecule has 8 nitrogen and oxygen atoms in total. The highest BCUT2D eigenvalue weighted by atomic mass is 32.2. The van der Waals surface area contributed by atoms with Gasteiger partial charge in [-0.2, -0.15) is 0 Å². The highest BCUT2D eigenvalue weighted by molar-refractivity contribution is 7.91. The number of hydrogen-bond donors (Lipinski definition) is 0. The summed E-state index contributed by atoms with van der Waals surface area (Å²) < 4.78 is 30.7. The Morgan fingerprint density at radius 1 is 0.971 bits per heavy atom. The van der Waals surface area contributed by atoms with Crippen LogP contribution in [0.2, 0.25) is 0 Å². The zero-order chi connectivity index (χ0) is 24.1. The number of sulfone groups is 1.